The highest BCUT2D eigenvalue weighted by Crippen LogP contribution is 2.22. The van der Waals surface area contributed by atoms with Gasteiger partial charge in [0.2, 0.25) is 0 Å². The van der Waals surface area contributed by atoms with Gasteiger partial charge in [-0.15, -0.1) is 0 Å². The molecule has 0 amide bonds. The molecule has 2 saturated heterocycles. The van der Waals surface area contributed by atoms with Crippen LogP contribution in [0.1, 0.15) is 6.42 Å². The van der Waals surface area contributed by atoms with Crippen LogP contribution in [-0.4, -0.2) is 75.9 Å². The third kappa shape index (κ3) is 2.56. The molecule has 0 saturated carbocycles. The maximum atomic E-state index is 5.52. The minimum Gasteiger partial charge on any atom is -0.381 e. The second kappa shape index (κ2) is 5.45. The smallest absolute Gasteiger partial charge is 0.0510 e. The Bertz CT molecular complexity index is 218. The van der Waals surface area contributed by atoms with Gasteiger partial charge < -0.3 is 15.0 Å². The number of nitrogens with one attached hydrogen (secondary N) is 1. The molecule has 0 radical (unpaired) electrons. The van der Waals surface area contributed by atoms with Crippen molar-refractivity contribution in [3.63, 3.8) is 0 Å². The second-order valence-corrected chi connectivity index (χ2v) is 5.25. The quantitative estimate of drug-likeness (QED) is 0.726. The van der Waals surface area contributed by atoms with Gasteiger partial charge in [-0.05, 0) is 27.6 Å². The Morgan fingerprint density at radius 1 is 1.31 bits per heavy atom. The summed E-state index contributed by atoms with van der Waals surface area (Å²) in [5.41, 5.74) is 0. The van der Waals surface area contributed by atoms with Crippen LogP contribution in [0.25, 0.3) is 0 Å². The fourth-order valence-electron chi connectivity index (χ4n) is 3.01. The lowest BCUT2D eigenvalue weighted by molar-refractivity contribution is 0.0681. The van der Waals surface area contributed by atoms with Crippen molar-refractivity contribution in [2.75, 3.05) is 54.0 Å². The van der Waals surface area contributed by atoms with Gasteiger partial charge in [-0.25, -0.2) is 0 Å². The molecule has 0 spiro atoms. The number of rotatable bonds is 3. The minimum absolute atomic E-state index is 0.565. The van der Waals surface area contributed by atoms with E-state index in [-0.39, 0.29) is 0 Å². The lowest BCUT2D eigenvalue weighted by Crippen LogP contribution is -2.60. The summed E-state index contributed by atoms with van der Waals surface area (Å²) in [4.78, 5) is 4.93. The lowest BCUT2D eigenvalue weighted by Gasteiger charge is -2.43. The summed E-state index contributed by atoms with van der Waals surface area (Å²) in [6, 6.07) is 1.19. The van der Waals surface area contributed by atoms with Gasteiger partial charge in [0, 0.05) is 44.2 Å². The van der Waals surface area contributed by atoms with Crippen molar-refractivity contribution in [3.8, 4) is 0 Å². The van der Waals surface area contributed by atoms with Gasteiger partial charge >= 0.3 is 0 Å². The molecule has 2 rings (SSSR count). The van der Waals surface area contributed by atoms with Gasteiger partial charge in [-0.3, -0.25) is 4.90 Å². The maximum absolute atomic E-state index is 5.52. The van der Waals surface area contributed by atoms with Crippen LogP contribution in [0.3, 0.4) is 0 Å². The topological polar surface area (TPSA) is 27.7 Å². The van der Waals surface area contributed by atoms with Crippen molar-refractivity contribution in [2.45, 2.75) is 18.5 Å². The van der Waals surface area contributed by atoms with E-state index in [9.17, 15) is 0 Å². The van der Waals surface area contributed by atoms with Gasteiger partial charge in [-0.2, -0.15) is 0 Å². The fourth-order valence-corrected chi connectivity index (χ4v) is 3.01. The molecule has 16 heavy (non-hydrogen) atoms. The molecular weight excluding hydrogens is 202 g/mol. The van der Waals surface area contributed by atoms with Gasteiger partial charge in [0.25, 0.3) is 0 Å². The Hall–Kier alpha value is -0.160. The molecule has 3 unspecified atom stereocenters. The maximum Gasteiger partial charge on any atom is 0.0510 e. The predicted octanol–water partition coefficient (Wildman–Crippen LogP) is -0.143. The SMILES string of the molecule is CNC(C1CCOC1)C1CN(C)CCN1C. The molecule has 0 aromatic heterocycles. The minimum atomic E-state index is 0.565. The largest absolute Gasteiger partial charge is 0.381 e. The van der Waals surface area contributed by atoms with Crippen LogP contribution in [0, 0.1) is 5.92 Å². The van der Waals surface area contributed by atoms with Gasteiger partial charge in [0.05, 0.1) is 6.61 Å². The zero-order valence-corrected chi connectivity index (χ0v) is 10.8. The first kappa shape index (κ1) is 12.3. The summed E-state index contributed by atoms with van der Waals surface area (Å²) in [6.45, 7) is 5.39. The van der Waals surface area contributed by atoms with Crippen LogP contribution in [0.5, 0.6) is 0 Å². The first-order valence-electron chi connectivity index (χ1n) is 6.36. The summed E-state index contributed by atoms with van der Waals surface area (Å²) in [6.07, 6.45) is 1.21. The molecule has 2 aliphatic heterocycles. The van der Waals surface area contributed by atoms with Gasteiger partial charge in [-0.1, -0.05) is 0 Å². The van der Waals surface area contributed by atoms with Crippen LogP contribution < -0.4 is 5.32 Å². The lowest BCUT2D eigenvalue weighted by atomic mass is 9.90. The first-order chi connectivity index (χ1) is 7.72. The number of piperazine rings is 1. The molecule has 0 aliphatic carbocycles. The normalized spacial score (nSPS) is 35.4. The molecule has 94 valence electrons. The number of nitrogens with zero attached hydrogens (tertiary/aromatic N) is 2. The molecule has 0 aromatic carbocycles. The van der Waals surface area contributed by atoms with E-state index in [4.69, 9.17) is 4.74 Å². The van der Waals surface area contributed by atoms with Crippen molar-refractivity contribution in [1.82, 2.24) is 15.1 Å². The highest BCUT2D eigenvalue weighted by molar-refractivity contribution is 4.93. The Balaban J connectivity index is 2.00. The van der Waals surface area contributed by atoms with Gasteiger partial charge in [0.1, 0.15) is 0 Å². The molecule has 0 bridgehead atoms. The molecular formula is C12H25N3O. The number of hydrogen-bond donors (Lipinski definition) is 1. The molecule has 0 aromatic rings. The van der Waals surface area contributed by atoms with Gasteiger partial charge in [0.15, 0.2) is 0 Å². The van der Waals surface area contributed by atoms with Crippen LogP contribution in [0.2, 0.25) is 0 Å². The van der Waals surface area contributed by atoms with E-state index in [1.165, 1.54) is 26.1 Å². The molecule has 2 heterocycles. The monoisotopic (exact) mass is 227 g/mol. The first-order valence-corrected chi connectivity index (χ1v) is 6.36. The molecule has 2 aliphatic rings. The highest BCUT2D eigenvalue weighted by atomic mass is 16.5. The van der Waals surface area contributed by atoms with Crippen molar-refractivity contribution in [3.05, 3.63) is 0 Å². The van der Waals surface area contributed by atoms with Crippen LogP contribution >= 0.6 is 0 Å². The molecule has 1 N–H and O–H groups in total. The van der Waals surface area contributed by atoms with Crippen molar-refractivity contribution in [1.29, 1.82) is 0 Å². The Morgan fingerprint density at radius 3 is 2.75 bits per heavy atom. The van der Waals surface area contributed by atoms with E-state index < -0.39 is 0 Å². The van der Waals surface area contributed by atoms with E-state index in [1.807, 2.05) is 0 Å². The summed E-state index contributed by atoms with van der Waals surface area (Å²) in [5.74, 6) is 0.684. The van der Waals surface area contributed by atoms with Crippen molar-refractivity contribution < 1.29 is 4.74 Å². The highest BCUT2D eigenvalue weighted by Gasteiger charge is 2.35. The predicted molar refractivity (Wildman–Crippen MR) is 65.7 cm³/mol. The Labute approximate surface area is 98.9 Å². The third-order valence-electron chi connectivity index (χ3n) is 4.12. The van der Waals surface area contributed by atoms with E-state index in [1.54, 1.807) is 0 Å². The van der Waals surface area contributed by atoms with Crippen LogP contribution in [0.4, 0.5) is 0 Å². The van der Waals surface area contributed by atoms with Crippen molar-refractivity contribution >= 4 is 0 Å². The summed E-state index contributed by atoms with van der Waals surface area (Å²) >= 11 is 0. The average molecular weight is 227 g/mol. The summed E-state index contributed by atoms with van der Waals surface area (Å²) in [7, 11) is 6.56. The number of likely N-dealkylation sites (N-methyl/N-ethyl adjacent to an activating group) is 3. The molecule has 2 fully saturated rings. The standard InChI is InChI=1S/C12H25N3O/c1-13-12(10-4-7-16-9-10)11-8-14(2)5-6-15(11)3/h10-13H,4-9H2,1-3H3. The Kier molecular flexibility index (Phi) is 4.19. The molecule has 4 heteroatoms. The summed E-state index contributed by atoms with van der Waals surface area (Å²) < 4.78 is 5.52. The average Bonchev–Trinajstić information content (AvgIpc) is 2.78. The fraction of sp³-hybridized carbons (Fsp3) is 1.00. The summed E-state index contributed by atoms with van der Waals surface area (Å²) in [5, 5.41) is 3.52. The van der Waals surface area contributed by atoms with Crippen LogP contribution in [-0.2, 0) is 4.74 Å². The number of hydrogen-bond acceptors (Lipinski definition) is 4. The zero-order chi connectivity index (χ0) is 11.5. The molecule has 4 nitrogen and oxygen atoms in total. The number of ether oxygens (including phenoxy) is 1. The van der Waals surface area contributed by atoms with E-state index in [2.05, 4.69) is 36.3 Å². The Morgan fingerprint density at radius 2 is 2.12 bits per heavy atom. The van der Waals surface area contributed by atoms with E-state index >= 15 is 0 Å². The van der Waals surface area contributed by atoms with E-state index in [0.717, 1.165) is 13.2 Å². The second-order valence-electron chi connectivity index (χ2n) is 5.25. The van der Waals surface area contributed by atoms with E-state index in [0.29, 0.717) is 18.0 Å². The van der Waals surface area contributed by atoms with Crippen molar-refractivity contribution in [2.24, 2.45) is 5.92 Å². The zero-order valence-electron chi connectivity index (χ0n) is 10.8. The van der Waals surface area contributed by atoms with Crippen LogP contribution in [0.15, 0.2) is 0 Å². The third-order valence-corrected chi connectivity index (χ3v) is 4.12. The molecule has 3 atom stereocenters.